The van der Waals surface area contributed by atoms with Gasteiger partial charge in [0, 0.05) is 42.1 Å². The van der Waals surface area contributed by atoms with E-state index >= 15 is 0 Å². The number of Topliss-reactive ketones (excluding diaryl/α,β-unsaturated/α-hetero) is 1. The average molecular weight is 414 g/mol. The summed E-state index contributed by atoms with van der Waals surface area (Å²) in [4.78, 5) is 22.3. The molecule has 0 bridgehead atoms. The van der Waals surface area contributed by atoms with E-state index in [2.05, 4.69) is 70.5 Å². The molecule has 1 aromatic heterocycles. The molecule has 0 radical (unpaired) electrons. The quantitative estimate of drug-likeness (QED) is 0.792. The molecule has 0 spiro atoms. The monoisotopic (exact) mass is 413 g/mol. The van der Waals surface area contributed by atoms with Crippen LogP contribution in [0.5, 0.6) is 0 Å². The van der Waals surface area contributed by atoms with Gasteiger partial charge in [-0.25, -0.2) is 9.97 Å². The van der Waals surface area contributed by atoms with E-state index in [1.165, 1.54) is 0 Å². The first-order chi connectivity index (χ1) is 14.9. The first-order valence-electron chi connectivity index (χ1n) is 10.9. The molecule has 0 fully saturated rings. The van der Waals surface area contributed by atoms with Gasteiger partial charge < -0.3 is 5.32 Å². The van der Waals surface area contributed by atoms with Crippen LogP contribution in [0, 0.1) is 5.41 Å². The highest BCUT2D eigenvalue weighted by molar-refractivity contribution is 6.01. The number of nitrogens with zero attached hydrogens (tertiary/aromatic N) is 4. The van der Waals surface area contributed by atoms with Crippen LogP contribution in [0.25, 0.3) is 0 Å². The van der Waals surface area contributed by atoms with Crippen molar-refractivity contribution < 1.29 is 4.79 Å². The zero-order valence-electron chi connectivity index (χ0n) is 18.2. The summed E-state index contributed by atoms with van der Waals surface area (Å²) < 4.78 is 0. The number of fused-ring (bicyclic) bond motifs is 1. The smallest absolute Gasteiger partial charge is 0.164 e. The third-order valence-corrected chi connectivity index (χ3v) is 6.71. The number of carbonyl (C=O) groups excluding carboxylic acids is 1. The summed E-state index contributed by atoms with van der Waals surface area (Å²) >= 11 is 0. The number of hydrogen-bond acceptors (Lipinski definition) is 6. The second-order valence-corrected chi connectivity index (χ2v) is 9.46. The summed E-state index contributed by atoms with van der Waals surface area (Å²) in [6.07, 6.45) is 8.00. The molecule has 6 heteroatoms. The Morgan fingerprint density at radius 1 is 1.13 bits per heavy atom. The van der Waals surface area contributed by atoms with Crippen molar-refractivity contribution in [2.45, 2.75) is 58.0 Å². The van der Waals surface area contributed by atoms with Gasteiger partial charge in [-0.05, 0) is 35.4 Å². The average Bonchev–Trinajstić information content (AvgIpc) is 3.21. The topological polar surface area (TPSA) is 79.6 Å². The van der Waals surface area contributed by atoms with E-state index < -0.39 is 5.41 Å². The lowest BCUT2D eigenvalue weighted by Crippen LogP contribution is -2.51. The van der Waals surface area contributed by atoms with Gasteiger partial charge in [0.2, 0.25) is 0 Å². The van der Waals surface area contributed by atoms with Crippen molar-refractivity contribution in [2.24, 2.45) is 15.6 Å². The number of carbonyl (C=O) groups is 1. The summed E-state index contributed by atoms with van der Waals surface area (Å²) in [5, 5.41) is 12.2. The maximum absolute atomic E-state index is 13.6. The molecule has 3 heterocycles. The van der Waals surface area contributed by atoms with Gasteiger partial charge in [-0.15, -0.1) is 0 Å². The van der Waals surface area contributed by atoms with Crippen LogP contribution in [-0.2, 0) is 16.6 Å². The number of nitrogens with one attached hydrogen (secondary N) is 1. The maximum Gasteiger partial charge on any atom is 0.164 e. The van der Waals surface area contributed by atoms with Gasteiger partial charge in [0.1, 0.15) is 5.82 Å². The molecule has 2 atom stereocenters. The molecule has 0 saturated heterocycles. The Labute approximate surface area is 182 Å². The van der Waals surface area contributed by atoms with Crippen molar-refractivity contribution in [3.8, 4) is 0 Å². The van der Waals surface area contributed by atoms with Crippen LogP contribution >= 0.6 is 0 Å². The van der Waals surface area contributed by atoms with E-state index in [-0.39, 0.29) is 17.4 Å². The SMILES string of the molecule is CC[C@]1(c2cccc(Cc3ncccn3)c2)C2=CN=NC2NC2=C1C(=O)CC(C)(C)C2. The minimum Gasteiger partial charge on any atom is -0.362 e. The molecule has 5 rings (SSSR count). The van der Waals surface area contributed by atoms with Crippen molar-refractivity contribution in [3.05, 3.63) is 82.7 Å². The third kappa shape index (κ3) is 3.21. The molecule has 1 aliphatic carbocycles. The van der Waals surface area contributed by atoms with Gasteiger partial charge in [-0.1, -0.05) is 45.0 Å². The number of ketones is 1. The normalized spacial score (nSPS) is 26.2. The number of hydrogen-bond donors (Lipinski definition) is 1. The summed E-state index contributed by atoms with van der Waals surface area (Å²) in [6.45, 7) is 6.48. The van der Waals surface area contributed by atoms with Gasteiger partial charge >= 0.3 is 0 Å². The number of azo groups is 1. The molecule has 1 unspecified atom stereocenters. The zero-order valence-corrected chi connectivity index (χ0v) is 18.2. The number of benzene rings is 1. The molecule has 158 valence electrons. The van der Waals surface area contributed by atoms with E-state index in [0.717, 1.165) is 46.6 Å². The Morgan fingerprint density at radius 3 is 2.71 bits per heavy atom. The Kier molecular flexibility index (Phi) is 4.61. The van der Waals surface area contributed by atoms with Crippen LogP contribution in [0.2, 0.25) is 0 Å². The third-order valence-electron chi connectivity index (χ3n) is 6.71. The Bertz CT molecular complexity index is 1130. The lowest BCUT2D eigenvalue weighted by atomic mass is 9.58. The Balaban J connectivity index is 1.66. The molecule has 2 aliphatic heterocycles. The van der Waals surface area contributed by atoms with E-state index in [1.54, 1.807) is 12.4 Å². The molecule has 0 saturated carbocycles. The molecule has 2 aromatic rings. The fourth-order valence-corrected chi connectivity index (χ4v) is 5.44. The highest BCUT2D eigenvalue weighted by atomic mass is 16.1. The van der Waals surface area contributed by atoms with Gasteiger partial charge in [-0.3, -0.25) is 4.79 Å². The predicted molar refractivity (Wildman–Crippen MR) is 118 cm³/mol. The van der Waals surface area contributed by atoms with Crippen LogP contribution < -0.4 is 5.32 Å². The minimum absolute atomic E-state index is 0.0636. The summed E-state index contributed by atoms with van der Waals surface area (Å²) in [5.74, 6) is 1.01. The number of allylic oxidation sites excluding steroid dienone is 2. The molecule has 3 aliphatic rings. The molecule has 6 nitrogen and oxygen atoms in total. The summed E-state index contributed by atoms with van der Waals surface area (Å²) in [7, 11) is 0. The van der Waals surface area contributed by atoms with Gasteiger partial charge in [-0.2, -0.15) is 10.2 Å². The van der Waals surface area contributed by atoms with Gasteiger partial charge in [0.15, 0.2) is 11.9 Å². The maximum atomic E-state index is 13.6. The lowest BCUT2D eigenvalue weighted by Gasteiger charge is -2.47. The Hall–Kier alpha value is -3.15. The molecule has 1 N–H and O–H groups in total. The van der Waals surface area contributed by atoms with Crippen molar-refractivity contribution >= 4 is 5.78 Å². The van der Waals surface area contributed by atoms with Crippen molar-refractivity contribution in [3.63, 3.8) is 0 Å². The van der Waals surface area contributed by atoms with E-state index in [9.17, 15) is 4.79 Å². The predicted octanol–water partition coefficient (Wildman–Crippen LogP) is 4.64. The fraction of sp³-hybridized carbons (Fsp3) is 0.400. The second-order valence-electron chi connectivity index (χ2n) is 9.46. The van der Waals surface area contributed by atoms with Crippen LogP contribution in [0.1, 0.15) is 57.0 Å². The molecule has 31 heavy (non-hydrogen) atoms. The minimum atomic E-state index is -0.518. The van der Waals surface area contributed by atoms with Crippen LogP contribution in [-0.4, -0.2) is 21.9 Å². The zero-order chi connectivity index (χ0) is 21.6. The number of aromatic nitrogens is 2. The van der Waals surface area contributed by atoms with Crippen LogP contribution in [0.15, 0.2) is 76.0 Å². The van der Waals surface area contributed by atoms with E-state index in [1.807, 2.05) is 12.3 Å². The standard InChI is InChI=1S/C25H27N5O/c1-4-25(17-8-5-7-16(11-17)12-21-26-9-6-10-27-21)18-15-28-30-23(18)29-19-13-24(2,3)14-20(31)22(19)25/h5-11,15,23,29H,4,12-14H2,1-3H3/t23?,25-/m0/s1. The fourth-order valence-electron chi connectivity index (χ4n) is 5.44. The summed E-state index contributed by atoms with van der Waals surface area (Å²) in [5.41, 5.74) is 4.66. The van der Waals surface area contributed by atoms with Crippen LogP contribution in [0.4, 0.5) is 0 Å². The van der Waals surface area contributed by atoms with E-state index in [4.69, 9.17) is 0 Å². The van der Waals surface area contributed by atoms with Crippen molar-refractivity contribution in [1.29, 1.82) is 0 Å². The second kappa shape index (κ2) is 7.22. The molecular weight excluding hydrogens is 386 g/mol. The first-order valence-corrected chi connectivity index (χ1v) is 10.9. The summed E-state index contributed by atoms with van der Waals surface area (Å²) in [6, 6.07) is 10.3. The molecule has 0 amide bonds. The highest BCUT2D eigenvalue weighted by Crippen LogP contribution is 2.53. The van der Waals surface area contributed by atoms with Crippen molar-refractivity contribution in [1.82, 2.24) is 15.3 Å². The van der Waals surface area contributed by atoms with Crippen LogP contribution in [0.3, 0.4) is 0 Å². The lowest BCUT2D eigenvalue weighted by molar-refractivity contribution is -0.119. The number of rotatable bonds is 4. The Morgan fingerprint density at radius 2 is 1.94 bits per heavy atom. The van der Waals surface area contributed by atoms with E-state index in [0.29, 0.717) is 12.8 Å². The first kappa shape index (κ1) is 19.8. The largest absolute Gasteiger partial charge is 0.362 e. The van der Waals surface area contributed by atoms with Crippen molar-refractivity contribution in [2.75, 3.05) is 0 Å². The highest BCUT2D eigenvalue weighted by Gasteiger charge is 2.52. The molecular formula is C25H27N5O. The van der Waals surface area contributed by atoms with Gasteiger partial charge in [0.25, 0.3) is 0 Å². The molecule has 1 aromatic carbocycles. The van der Waals surface area contributed by atoms with Gasteiger partial charge in [0.05, 0.1) is 11.6 Å².